The number of aromatic nitrogens is 3. The zero-order valence-corrected chi connectivity index (χ0v) is 21.9. The maximum absolute atomic E-state index is 14.0. The smallest absolute Gasteiger partial charge is 0.375 e. The number of hydrogen-bond acceptors (Lipinski definition) is 7. The number of halogens is 7. The van der Waals surface area contributed by atoms with Crippen molar-refractivity contribution >= 4 is 17.1 Å². The van der Waals surface area contributed by atoms with Crippen LogP contribution in [0, 0.1) is 11.8 Å². The third-order valence-corrected chi connectivity index (χ3v) is 7.73. The summed E-state index contributed by atoms with van der Waals surface area (Å²) in [7, 11) is 0. The summed E-state index contributed by atoms with van der Waals surface area (Å²) in [6.45, 7) is 6.93. The Labute approximate surface area is 231 Å². The summed E-state index contributed by atoms with van der Waals surface area (Å²) in [5, 5.41) is 10.3. The lowest BCUT2D eigenvalue weighted by Crippen LogP contribution is -2.52. The van der Waals surface area contributed by atoms with E-state index in [4.69, 9.17) is 0 Å². The number of rotatable bonds is 8. The van der Waals surface area contributed by atoms with Crippen molar-refractivity contribution in [3.8, 4) is 0 Å². The number of nitrogens with one attached hydrogen (secondary N) is 2. The van der Waals surface area contributed by atoms with Gasteiger partial charge in [-0.1, -0.05) is 13.2 Å². The fraction of sp³-hybridized carbons (Fsp3) is 0.538. The van der Waals surface area contributed by atoms with Crippen LogP contribution in [0.15, 0.2) is 52.9 Å². The van der Waals surface area contributed by atoms with E-state index in [0.29, 0.717) is 27.6 Å². The highest BCUT2D eigenvalue weighted by Crippen LogP contribution is 2.41. The highest BCUT2D eigenvalue weighted by molar-refractivity contribution is 6.50. The lowest BCUT2D eigenvalue weighted by Gasteiger charge is -2.36. The van der Waals surface area contributed by atoms with E-state index >= 15 is 0 Å². The first kappa shape index (κ1) is 29.0. The summed E-state index contributed by atoms with van der Waals surface area (Å²) in [6.07, 6.45) is -5.85. The summed E-state index contributed by atoms with van der Waals surface area (Å²) in [4.78, 5) is 12.7. The van der Waals surface area contributed by atoms with E-state index < -0.39 is 36.3 Å². The van der Waals surface area contributed by atoms with Gasteiger partial charge in [0.1, 0.15) is 18.1 Å². The van der Waals surface area contributed by atoms with Crippen LogP contribution in [0.4, 0.5) is 30.7 Å². The molecule has 2 N–H and O–H groups in total. The molecule has 1 saturated heterocycles. The third kappa shape index (κ3) is 6.39. The molecule has 41 heavy (non-hydrogen) atoms. The topological polar surface area (TPSA) is 82.2 Å². The normalized spacial score (nSPS) is 22.9. The number of alkyl halides is 7. The van der Waals surface area contributed by atoms with Crippen molar-refractivity contribution in [2.24, 2.45) is 21.8 Å². The van der Waals surface area contributed by atoms with Crippen LogP contribution in [0.25, 0.3) is 5.65 Å². The Morgan fingerprint density at radius 3 is 2.59 bits per heavy atom. The molecule has 1 aliphatic carbocycles. The zero-order chi connectivity index (χ0) is 29.5. The maximum Gasteiger partial charge on any atom is 0.461 e. The molecule has 2 aromatic rings. The minimum atomic E-state index is -4.48. The quantitative estimate of drug-likeness (QED) is 0.341. The van der Waals surface area contributed by atoms with Gasteiger partial charge in [-0.3, -0.25) is 9.98 Å². The van der Waals surface area contributed by atoms with Crippen molar-refractivity contribution in [1.29, 1.82) is 0 Å². The molecule has 0 bridgehead atoms. The van der Waals surface area contributed by atoms with Crippen LogP contribution < -0.4 is 10.6 Å². The summed E-state index contributed by atoms with van der Waals surface area (Å²) >= 11 is 0. The van der Waals surface area contributed by atoms with Crippen molar-refractivity contribution < 1.29 is 30.7 Å². The molecule has 5 rings (SSSR count). The Balaban J connectivity index is 1.39. The van der Waals surface area contributed by atoms with Crippen molar-refractivity contribution in [3.63, 3.8) is 0 Å². The molecule has 2 fully saturated rings. The van der Waals surface area contributed by atoms with Gasteiger partial charge < -0.3 is 10.6 Å². The first-order valence-corrected chi connectivity index (χ1v) is 13.1. The van der Waals surface area contributed by atoms with Crippen molar-refractivity contribution in [2.45, 2.75) is 56.8 Å². The lowest BCUT2D eigenvalue weighted by molar-refractivity contribution is -0.252. The van der Waals surface area contributed by atoms with E-state index in [-0.39, 0.29) is 69.3 Å². The predicted molar refractivity (Wildman–Crippen MR) is 138 cm³/mol. The number of fused-ring (bicyclic) bond motifs is 1. The standard InChI is InChI=1S/C26H29F7N8/c1-14-17(10-40(13-36-14)26(31,32)33)9-18-3-4-20-38-19(11-41(20)39-18)22(16-5-7-25(29,30)8-6-16)37-15(2)21-23(24(27)28)35-12-34-21/h3-4,11,16-17,22,24,36-37H,1-2,5-10,12-13H2. The molecule has 2 aliphatic heterocycles. The summed E-state index contributed by atoms with van der Waals surface area (Å²) in [6, 6.07) is 2.66. The molecule has 15 heteroatoms. The molecule has 2 unspecified atom stereocenters. The van der Waals surface area contributed by atoms with Gasteiger partial charge in [0.05, 0.1) is 36.0 Å². The molecule has 4 heterocycles. The Bertz CT molecular complexity index is 1370. The van der Waals surface area contributed by atoms with Gasteiger partial charge in [-0.05, 0) is 30.9 Å². The number of hydrogen-bond donors (Lipinski definition) is 2. The summed E-state index contributed by atoms with van der Waals surface area (Å²) in [5.74, 6) is -3.63. The Kier molecular flexibility index (Phi) is 7.83. The van der Waals surface area contributed by atoms with Gasteiger partial charge in [0.2, 0.25) is 5.92 Å². The molecule has 0 aromatic carbocycles. The molecular weight excluding hydrogens is 557 g/mol. The van der Waals surface area contributed by atoms with Gasteiger partial charge in [-0.15, -0.1) is 0 Å². The first-order chi connectivity index (χ1) is 19.3. The highest BCUT2D eigenvalue weighted by Gasteiger charge is 2.41. The van der Waals surface area contributed by atoms with E-state index in [1.165, 1.54) is 4.52 Å². The SMILES string of the molecule is C=C(NC(c1cn2nc(CC3CN(C(F)(F)F)CNC3=C)ccc2n1)C1CCC(F)(F)CC1)C1=NCN=C1C(F)F. The molecule has 2 atom stereocenters. The molecule has 222 valence electrons. The van der Waals surface area contributed by atoms with Gasteiger partial charge >= 0.3 is 6.30 Å². The van der Waals surface area contributed by atoms with Crippen LogP contribution in [0.1, 0.15) is 43.1 Å². The first-order valence-electron chi connectivity index (χ1n) is 13.1. The van der Waals surface area contributed by atoms with Crippen molar-refractivity contribution in [2.75, 3.05) is 19.9 Å². The Morgan fingerprint density at radius 1 is 1.17 bits per heavy atom. The lowest BCUT2D eigenvalue weighted by atomic mass is 9.81. The second-order valence-corrected chi connectivity index (χ2v) is 10.5. The molecule has 2 aromatic heterocycles. The summed E-state index contributed by atoms with van der Waals surface area (Å²) in [5.41, 5.74) is 1.39. The molecule has 1 saturated carbocycles. The van der Waals surface area contributed by atoms with Crippen molar-refractivity contribution in [1.82, 2.24) is 30.1 Å². The van der Waals surface area contributed by atoms with Gasteiger partial charge in [-0.2, -0.15) is 23.2 Å². The third-order valence-electron chi connectivity index (χ3n) is 7.73. The number of allylic oxidation sites excluding steroid dienone is 1. The largest absolute Gasteiger partial charge is 0.461 e. The van der Waals surface area contributed by atoms with Crippen LogP contribution in [-0.4, -0.2) is 69.5 Å². The molecule has 0 amide bonds. The molecule has 0 spiro atoms. The average molecular weight is 587 g/mol. The second-order valence-electron chi connectivity index (χ2n) is 10.5. The Morgan fingerprint density at radius 2 is 1.90 bits per heavy atom. The van der Waals surface area contributed by atoms with E-state index in [0.717, 1.165) is 0 Å². The van der Waals surface area contributed by atoms with Crippen LogP contribution in [0.3, 0.4) is 0 Å². The van der Waals surface area contributed by atoms with Crippen LogP contribution >= 0.6 is 0 Å². The number of nitrogens with zero attached hydrogens (tertiary/aromatic N) is 6. The highest BCUT2D eigenvalue weighted by atomic mass is 19.4. The minimum Gasteiger partial charge on any atom is -0.375 e. The second kappa shape index (κ2) is 11.1. The van der Waals surface area contributed by atoms with Gasteiger partial charge in [0.25, 0.3) is 6.43 Å². The monoisotopic (exact) mass is 586 g/mol. The fourth-order valence-corrected chi connectivity index (χ4v) is 5.46. The molecule has 8 nitrogen and oxygen atoms in total. The van der Waals surface area contributed by atoms with Gasteiger partial charge in [0, 0.05) is 37.4 Å². The van der Waals surface area contributed by atoms with E-state index in [2.05, 4.69) is 43.9 Å². The maximum atomic E-state index is 14.0. The van der Waals surface area contributed by atoms with Crippen molar-refractivity contribution in [3.05, 3.63) is 54.3 Å². The number of imidazole rings is 1. The van der Waals surface area contributed by atoms with E-state index in [1.807, 2.05) is 0 Å². The van der Waals surface area contributed by atoms with Crippen LogP contribution in [0.5, 0.6) is 0 Å². The van der Waals surface area contributed by atoms with Gasteiger partial charge in [0.15, 0.2) is 5.65 Å². The van der Waals surface area contributed by atoms with E-state index in [1.54, 1.807) is 18.3 Å². The molecule has 0 radical (unpaired) electrons. The average Bonchev–Trinajstić information content (AvgIpc) is 3.55. The zero-order valence-electron chi connectivity index (χ0n) is 21.9. The van der Waals surface area contributed by atoms with Crippen LogP contribution in [0.2, 0.25) is 0 Å². The molecule has 3 aliphatic rings. The van der Waals surface area contributed by atoms with E-state index in [9.17, 15) is 30.7 Å². The predicted octanol–water partition coefficient (Wildman–Crippen LogP) is 4.87. The van der Waals surface area contributed by atoms with Gasteiger partial charge in [-0.25, -0.2) is 27.1 Å². The summed E-state index contributed by atoms with van der Waals surface area (Å²) < 4.78 is 96.0. The minimum absolute atomic E-state index is 0.0652. The Hall–Kier alpha value is -3.49. The molecular formula is C26H29F7N8. The fourth-order valence-electron chi connectivity index (χ4n) is 5.46. The number of aliphatic imine (C=N–C) groups is 2. The van der Waals surface area contributed by atoms with Crippen LogP contribution in [-0.2, 0) is 6.42 Å².